The molecule has 0 radical (unpaired) electrons. The number of rotatable bonds is 13. The first-order valence-corrected chi connectivity index (χ1v) is 13.0. The highest BCUT2D eigenvalue weighted by Crippen LogP contribution is 2.27. The van der Waals surface area contributed by atoms with Gasteiger partial charge in [0.15, 0.2) is 18.0 Å². The van der Waals surface area contributed by atoms with Crippen LogP contribution >= 0.6 is 0 Å². The number of benzene rings is 1. The number of ether oxygens (including phenoxy) is 2. The van der Waals surface area contributed by atoms with Crippen LogP contribution in [0.1, 0.15) is 24.2 Å². The van der Waals surface area contributed by atoms with Crippen LogP contribution in [0.2, 0.25) is 0 Å². The predicted octanol–water partition coefficient (Wildman–Crippen LogP) is 2.21. The van der Waals surface area contributed by atoms with E-state index in [0.717, 1.165) is 10.5 Å². The summed E-state index contributed by atoms with van der Waals surface area (Å²) in [6.07, 6.45) is 9.38. The first kappa shape index (κ1) is 28.3. The number of nitrogens with one attached hydrogen (secondary N) is 2. The minimum atomic E-state index is -0.670. The van der Waals surface area contributed by atoms with Crippen LogP contribution in [-0.2, 0) is 27.3 Å². The van der Waals surface area contributed by atoms with Crippen LogP contribution in [0, 0.1) is 5.92 Å². The Balaban J connectivity index is 1.29. The van der Waals surface area contributed by atoms with Gasteiger partial charge in [-0.2, -0.15) is 14.3 Å². The Morgan fingerprint density at radius 2 is 1.88 bits per heavy atom. The molecule has 1 aromatic carbocycles. The lowest BCUT2D eigenvalue weighted by Crippen LogP contribution is -2.56. The number of allylic oxidation sites excluding steroid dienone is 3. The average Bonchev–Trinajstić information content (AvgIpc) is 3.49. The number of amides is 5. The van der Waals surface area contributed by atoms with Crippen LogP contribution in [0.25, 0.3) is 0 Å². The Bertz CT molecular complexity index is 1340. The summed E-state index contributed by atoms with van der Waals surface area (Å²) in [5.74, 6) is 0.228. The van der Waals surface area contributed by atoms with Crippen LogP contribution < -0.4 is 20.1 Å². The third-order valence-corrected chi connectivity index (χ3v) is 6.62. The largest absolute Gasteiger partial charge is 0.501 e. The maximum atomic E-state index is 13.3. The van der Waals surface area contributed by atoms with Gasteiger partial charge < -0.3 is 24.5 Å². The van der Waals surface area contributed by atoms with Crippen molar-refractivity contribution in [1.82, 2.24) is 15.5 Å². The average molecular weight is 550 g/mol. The van der Waals surface area contributed by atoms with Gasteiger partial charge in [-0.1, -0.05) is 24.3 Å². The molecule has 0 spiro atoms. The maximum Gasteiger partial charge on any atom is 0.501 e. The van der Waals surface area contributed by atoms with E-state index in [0.29, 0.717) is 42.4 Å². The molecule has 2 aliphatic rings. The van der Waals surface area contributed by atoms with Crippen molar-refractivity contribution in [3.63, 3.8) is 0 Å². The molecule has 1 unspecified atom stereocenters. The molecule has 2 N–H and O–H groups in total. The van der Waals surface area contributed by atoms with E-state index in [9.17, 15) is 19.2 Å². The fraction of sp³-hybridized carbons (Fsp3) is 0.345. The molecular formula is C29H33N4O7+. The summed E-state index contributed by atoms with van der Waals surface area (Å²) >= 11 is 0. The Hall–Kier alpha value is -4.67. The Morgan fingerprint density at radius 3 is 2.62 bits per heavy atom. The van der Waals surface area contributed by atoms with E-state index in [-0.39, 0.29) is 43.8 Å². The van der Waals surface area contributed by atoms with Crippen molar-refractivity contribution in [2.75, 3.05) is 33.9 Å². The first-order chi connectivity index (χ1) is 19.4. The van der Waals surface area contributed by atoms with E-state index >= 15 is 0 Å². The van der Waals surface area contributed by atoms with Crippen molar-refractivity contribution in [2.24, 2.45) is 5.92 Å². The van der Waals surface area contributed by atoms with Crippen LogP contribution in [0.4, 0.5) is 4.79 Å². The molecule has 1 aliphatic carbocycles. The third-order valence-electron chi connectivity index (χ3n) is 6.62. The Labute approximate surface area is 232 Å². The van der Waals surface area contributed by atoms with Gasteiger partial charge in [-0.3, -0.25) is 9.59 Å². The number of fused-ring (bicyclic) bond motifs is 1. The molecule has 0 bridgehead atoms. The van der Waals surface area contributed by atoms with Crippen molar-refractivity contribution in [3.8, 4) is 11.5 Å². The molecule has 0 saturated carbocycles. The van der Waals surface area contributed by atoms with Crippen molar-refractivity contribution in [1.29, 1.82) is 0 Å². The first-order valence-electron chi connectivity index (χ1n) is 13.0. The lowest BCUT2D eigenvalue weighted by molar-refractivity contribution is -0.428. The van der Waals surface area contributed by atoms with Gasteiger partial charge in [0.25, 0.3) is 5.91 Å². The van der Waals surface area contributed by atoms with Crippen molar-refractivity contribution >= 4 is 29.5 Å². The molecule has 0 saturated heterocycles. The Kier molecular flexibility index (Phi) is 9.50. The van der Waals surface area contributed by atoms with Crippen LogP contribution in [-0.4, -0.2) is 72.8 Å². The number of hydrogen-bond acceptors (Lipinski definition) is 7. The van der Waals surface area contributed by atoms with E-state index in [2.05, 4.69) is 10.6 Å². The number of furan rings is 1. The highest BCUT2D eigenvalue weighted by molar-refractivity contribution is 6.16. The zero-order chi connectivity index (χ0) is 28.5. The molecule has 1 aromatic heterocycles. The van der Waals surface area contributed by atoms with Gasteiger partial charge in [0, 0.05) is 13.0 Å². The molecule has 210 valence electrons. The summed E-state index contributed by atoms with van der Waals surface area (Å²) in [6, 6.07) is 8.45. The molecule has 2 heterocycles. The van der Waals surface area contributed by atoms with Gasteiger partial charge in [0.1, 0.15) is 17.4 Å². The highest BCUT2D eigenvalue weighted by atomic mass is 16.5. The van der Waals surface area contributed by atoms with E-state index in [1.54, 1.807) is 50.7 Å². The summed E-state index contributed by atoms with van der Waals surface area (Å²) in [5.41, 5.74) is 1.44. The monoisotopic (exact) mass is 549 g/mol. The molecule has 40 heavy (non-hydrogen) atoms. The number of nitrogens with zero attached hydrogens (tertiary/aromatic N) is 2. The number of methoxy groups -OCH3 is 2. The fourth-order valence-corrected chi connectivity index (χ4v) is 4.55. The number of carbonyl (C=O) groups excluding carboxylic acids is 4. The molecule has 0 fully saturated rings. The molecule has 11 heteroatoms. The minimum absolute atomic E-state index is 0.0621. The van der Waals surface area contributed by atoms with Gasteiger partial charge in [-0.15, -0.1) is 0 Å². The SMILES string of the molecule is COc1ccc(CCNC(=O)CCCN2C(=O)C3C=CC=CC3=[N+](CC(=O)NCc3ccco3)C2=O)cc1OC. The zero-order valence-corrected chi connectivity index (χ0v) is 22.6. The normalized spacial score (nSPS) is 16.1. The molecule has 1 atom stereocenters. The van der Waals surface area contributed by atoms with Crippen LogP contribution in [0.15, 0.2) is 65.3 Å². The topological polar surface area (TPSA) is 130 Å². The summed E-state index contributed by atoms with van der Waals surface area (Å²) < 4.78 is 17.1. The number of urea groups is 1. The zero-order valence-electron chi connectivity index (χ0n) is 22.6. The molecule has 11 nitrogen and oxygen atoms in total. The lowest BCUT2D eigenvalue weighted by Gasteiger charge is -2.26. The predicted molar refractivity (Wildman–Crippen MR) is 145 cm³/mol. The van der Waals surface area contributed by atoms with Gasteiger partial charge in [0.05, 0.1) is 33.6 Å². The maximum absolute atomic E-state index is 13.3. The highest BCUT2D eigenvalue weighted by Gasteiger charge is 2.46. The summed E-state index contributed by atoms with van der Waals surface area (Å²) in [5, 5.41) is 5.59. The Morgan fingerprint density at radius 1 is 1.05 bits per heavy atom. The van der Waals surface area contributed by atoms with E-state index < -0.39 is 11.9 Å². The van der Waals surface area contributed by atoms with Gasteiger partial charge in [-0.05, 0) is 48.7 Å². The second kappa shape index (κ2) is 13.4. The quantitative estimate of drug-likeness (QED) is 0.367. The molecule has 5 amide bonds. The van der Waals surface area contributed by atoms with Crippen molar-refractivity contribution in [2.45, 2.75) is 25.8 Å². The van der Waals surface area contributed by atoms with Crippen molar-refractivity contribution in [3.05, 3.63) is 72.2 Å². The third kappa shape index (κ3) is 6.85. The van der Waals surface area contributed by atoms with Crippen molar-refractivity contribution < 1.29 is 37.6 Å². The lowest BCUT2D eigenvalue weighted by atomic mass is 9.94. The van der Waals surface area contributed by atoms with Gasteiger partial charge in [-0.25, -0.2) is 4.79 Å². The van der Waals surface area contributed by atoms with Gasteiger partial charge in [0.2, 0.25) is 5.91 Å². The smallest absolute Gasteiger partial charge is 0.493 e. The summed E-state index contributed by atoms with van der Waals surface area (Å²) in [4.78, 5) is 52.6. The standard InChI is InChI=1S/C29H32N4O7/c1-38-24-12-11-20(17-25(24)39-2)13-14-30-26(34)10-5-15-32-28(36)22-8-3-4-9-23(22)33(29(32)37)19-27(35)31-18-21-7-6-16-40-21/h3-4,6-9,11-12,16-17,22H,5,10,13-15,18-19H2,1-2H3,(H-,30,31,34,35)/p+1. The number of hydrogen-bond donors (Lipinski definition) is 2. The molecule has 2 aromatic rings. The molecule has 1 aliphatic heterocycles. The van der Waals surface area contributed by atoms with E-state index in [1.165, 1.54) is 10.8 Å². The second-order valence-electron chi connectivity index (χ2n) is 9.25. The summed E-state index contributed by atoms with van der Waals surface area (Å²) in [7, 11) is 3.14. The second-order valence-corrected chi connectivity index (χ2v) is 9.25. The van der Waals surface area contributed by atoms with Gasteiger partial charge >= 0.3 is 11.9 Å². The van der Waals surface area contributed by atoms with Crippen LogP contribution in [0.5, 0.6) is 11.5 Å². The fourth-order valence-electron chi connectivity index (χ4n) is 4.55. The number of carbonyl (C=O) groups is 4. The molecular weight excluding hydrogens is 516 g/mol. The van der Waals surface area contributed by atoms with E-state index in [1.807, 2.05) is 18.2 Å². The van der Waals surface area contributed by atoms with Crippen LogP contribution in [0.3, 0.4) is 0 Å². The summed E-state index contributed by atoms with van der Waals surface area (Å²) in [6.45, 7) is 0.428. The minimum Gasteiger partial charge on any atom is -0.493 e. The number of imide groups is 1. The van der Waals surface area contributed by atoms with E-state index in [4.69, 9.17) is 13.9 Å². The molecule has 4 rings (SSSR count).